The third-order valence-corrected chi connectivity index (χ3v) is 6.09. The summed E-state index contributed by atoms with van der Waals surface area (Å²) < 4.78 is 66.5. The fourth-order valence-electron chi connectivity index (χ4n) is 2.62. The molecule has 1 saturated heterocycles. The van der Waals surface area contributed by atoms with Gasteiger partial charge in [0.1, 0.15) is 17.5 Å². The Bertz CT molecular complexity index is 601. The molecule has 118 valence electrons. The van der Waals surface area contributed by atoms with Crippen LogP contribution in [0.5, 0.6) is 0 Å². The Labute approximate surface area is 130 Å². The summed E-state index contributed by atoms with van der Waals surface area (Å²) in [5, 5.41) is 0.733. The van der Waals surface area contributed by atoms with Crippen molar-refractivity contribution in [1.29, 1.82) is 0 Å². The van der Waals surface area contributed by atoms with Crippen molar-refractivity contribution in [1.82, 2.24) is 4.31 Å². The SMILES string of the molecule is O=S(=O)(c1c(F)cc(F)cc1F)N1CCCC1CCCBr. The van der Waals surface area contributed by atoms with Crippen LogP contribution in [0.2, 0.25) is 0 Å². The molecular weight excluding hydrogens is 371 g/mol. The molecule has 2 rings (SSSR count). The van der Waals surface area contributed by atoms with E-state index in [2.05, 4.69) is 15.9 Å². The van der Waals surface area contributed by atoms with Gasteiger partial charge in [-0.2, -0.15) is 4.31 Å². The van der Waals surface area contributed by atoms with Gasteiger partial charge in [-0.3, -0.25) is 0 Å². The standard InChI is InChI=1S/C13H15BrF3NO2S/c14-5-1-3-10-4-2-6-18(10)21(19,20)13-11(16)7-9(15)8-12(13)17/h7-8,10H,1-6H2. The number of hydrogen-bond donors (Lipinski definition) is 0. The Balaban J connectivity index is 2.38. The number of rotatable bonds is 5. The van der Waals surface area contributed by atoms with Gasteiger partial charge in [-0.05, 0) is 25.7 Å². The normalized spacial score (nSPS) is 20.1. The predicted molar refractivity (Wildman–Crippen MR) is 76.3 cm³/mol. The Morgan fingerprint density at radius 3 is 2.43 bits per heavy atom. The number of halogens is 4. The highest BCUT2D eigenvalue weighted by Crippen LogP contribution is 2.31. The molecule has 1 aromatic carbocycles. The van der Waals surface area contributed by atoms with Crippen LogP contribution in [-0.2, 0) is 10.0 Å². The maximum atomic E-state index is 13.7. The molecule has 3 nitrogen and oxygen atoms in total. The lowest BCUT2D eigenvalue weighted by Gasteiger charge is -2.24. The molecular formula is C13H15BrF3NO2S. The van der Waals surface area contributed by atoms with Gasteiger partial charge in [0.05, 0.1) is 0 Å². The van der Waals surface area contributed by atoms with Crippen molar-refractivity contribution in [3.8, 4) is 0 Å². The van der Waals surface area contributed by atoms with Crippen molar-refractivity contribution in [2.45, 2.75) is 36.6 Å². The molecule has 1 aliphatic rings. The van der Waals surface area contributed by atoms with Gasteiger partial charge in [-0.1, -0.05) is 15.9 Å². The highest BCUT2D eigenvalue weighted by molar-refractivity contribution is 9.09. The van der Waals surface area contributed by atoms with Crippen LogP contribution in [0.1, 0.15) is 25.7 Å². The van der Waals surface area contributed by atoms with E-state index in [1.165, 1.54) is 0 Å². The number of nitrogens with zero attached hydrogens (tertiary/aromatic N) is 1. The van der Waals surface area contributed by atoms with Crippen LogP contribution in [0.25, 0.3) is 0 Å². The average Bonchev–Trinajstić information content (AvgIpc) is 2.83. The lowest BCUT2D eigenvalue weighted by molar-refractivity contribution is 0.363. The second-order valence-corrected chi connectivity index (χ2v) is 7.56. The van der Waals surface area contributed by atoms with Crippen molar-refractivity contribution < 1.29 is 21.6 Å². The maximum absolute atomic E-state index is 13.7. The summed E-state index contributed by atoms with van der Waals surface area (Å²) >= 11 is 3.27. The lowest BCUT2D eigenvalue weighted by atomic mass is 10.1. The summed E-state index contributed by atoms with van der Waals surface area (Å²) in [7, 11) is -4.30. The van der Waals surface area contributed by atoms with Gasteiger partial charge in [-0.15, -0.1) is 0 Å². The van der Waals surface area contributed by atoms with Crippen molar-refractivity contribution in [2.75, 3.05) is 11.9 Å². The summed E-state index contributed by atoms with van der Waals surface area (Å²) in [6.45, 7) is 0.228. The summed E-state index contributed by atoms with van der Waals surface area (Å²) in [5.74, 6) is -3.92. The Hall–Kier alpha value is -0.600. The Morgan fingerprint density at radius 1 is 1.24 bits per heavy atom. The second-order valence-electron chi connectivity index (χ2n) is 4.94. The molecule has 1 aliphatic heterocycles. The lowest BCUT2D eigenvalue weighted by Crippen LogP contribution is -2.36. The van der Waals surface area contributed by atoms with Crippen LogP contribution in [0.3, 0.4) is 0 Å². The number of sulfonamides is 1. The van der Waals surface area contributed by atoms with Gasteiger partial charge < -0.3 is 0 Å². The van der Waals surface area contributed by atoms with Crippen LogP contribution < -0.4 is 0 Å². The van der Waals surface area contributed by atoms with Crippen molar-refractivity contribution >= 4 is 26.0 Å². The quantitative estimate of drug-likeness (QED) is 0.728. The molecule has 0 radical (unpaired) electrons. The van der Waals surface area contributed by atoms with E-state index in [4.69, 9.17) is 0 Å². The van der Waals surface area contributed by atoms with Crippen molar-refractivity contribution in [3.05, 3.63) is 29.6 Å². The minimum Gasteiger partial charge on any atom is -0.207 e. The third-order valence-electron chi connectivity index (χ3n) is 3.52. The predicted octanol–water partition coefficient (Wildman–Crippen LogP) is 3.43. The van der Waals surface area contributed by atoms with Gasteiger partial charge in [0, 0.05) is 30.0 Å². The first-order chi connectivity index (χ1) is 9.87. The number of alkyl halides is 1. The molecule has 0 saturated carbocycles. The van der Waals surface area contributed by atoms with Gasteiger partial charge in [-0.25, -0.2) is 21.6 Å². The first kappa shape index (κ1) is 16.8. The van der Waals surface area contributed by atoms with Gasteiger partial charge in [0.25, 0.3) is 0 Å². The largest absolute Gasteiger partial charge is 0.249 e. The minimum atomic E-state index is -4.30. The molecule has 0 aromatic heterocycles. The monoisotopic (exact) mass is 385 g/mol. The molecule has 1 fully saturated rings. The molecule has 8 heteroatoms. The summed E-state index contributed by atoms with van der Waals surface area (Å²) in [6, 6.07) is 0.510. The third kappa shape index (κ3) is 3.43. The molecule has 0 N–H and O–H groups in total. The Morgan fingerprint density at radius 2 is 1.86 bits per heavy atom. The Kier molecular flexibility index (Phi) is 5.32. The molecule has 0 amide bonds. The van der Waals surface area contributed by atoms with E-state index in [0.717, 1.165) is 16.1 Å². The van der Waals surface area contributed by atoms with Crippen molar-refractivity contribution in [3.63, 3.8) is 0 Å². The van der Waals surface area contributed by atoms with Gasteiger partial charge >= 0.3 is 0 Å². The maximum Gasteiger partial charge on any atom is 0.249 e. The molecule has 0 bridgehead atoms. The van der Waals surface area contributed by atoms with Crippen LogP contribution in [0.4, 0.5) is 13.2 Å². The van der Waals surface area contributed by atoms with E-state index >= 15 is 0 Å². The highest BCUT2D eigenvalue weighted by atomic mass is 79.9. The smallest absolute Gasteiger partial charge is 0.207 e. The van der Waals surface area contributed by atoms with Crippen molar-refractivity contribution in [2.24, 2.45) is 0 Å². The molecule has 21 heavy (non-hydrogen) atoms. The summed E-state index contributed by atoms with van der Waals surface area (Å²) in [5.41, 5.74) is 0. The summed E-state index contributed by atoms with van der Waals surface area (Å²) in [4.78, 5) is -1.06. The van der Waals surface area contributed by atoms with E-state index < -0.39 is 32.4 Å². The van der Waals surface area contributed by atoms with Crippen LogP contribution in [0, 0.1) is 17.5 Å². The van der Waals surface area contributed by atoms with E-state index in [0.29, 0.717) is 31.4 Å². The zero-order chi connectivity index (χ0) is 15.6. The minimum absolute atomic E-state index is 0.228. The first-order valence-corrected chi connectivity index (χ1v) is 9.16. The van der Waals surface area contributed by atoms with E-state index in [1.54, 1.807) is 0 Å². The number of hydrogen-bond acceptors (Lipinski definition) is 2. The molecule has 0 spiro atoms. The summed E-state index contributed by atoms with van der Waals surface area (Å²) in [6.07, 6.45) is 2.70. The topological polar surface area (TPSA) is 37.4 Å². The van der Waals surface area contributed by atoms with Crippen LogP contribution in [-0.4, -0.2) is 30.6 Å². The fraction of sp³-hybridized carbons (Fsp3) is 0.538. The van der Waals surface area contributed by atoms with Crippen LogP contribution >= 0.6 is 15.9 Å². The zero-order valence-corrected chi connectivity index (χ0v) is 13.6. The van der Waals surface area contributed by atoms with E-state index in [9.17, 15) is 21.6 Å². The molecule has 1 unspecified atom stereocenters. The fourth-order valence-corrected chi connectivity index (χ4v) is 4.76. The molecule has 1 aromatic rings. The molecule has 1 atom stereocenters. The molecule has 0 aliphatic carbocycles. The molecule has 1 heterocycles. The van der Waals surface area contributed by atoms with E-state index in [1.807, 2.05) is 0 Å². The zero-order valence-electron chi connectivity index (χ0n) is 11.2. The first-order valence-electron chi connectivity index (χ1n) is 6.60. The highest BCUT2D eigenvalue weighted by Gasteiger charge is 2.38. The average molecular weight is 386 g/mol. The van der Waals surface area contributed by atoms with Gasteiger partial charge in [0.15, 0.2) is 4.90 Å². The van der Waals surface area contributed by atoms with Gasteiger partial charge in [0.2, 0.25) is 10.0 Å². The second kappa shape index (κ2) is 6.66. The van der Waals surface area contributed by atoms with E-state index in [-0.39, 0.29) is 12.6 Å². The number of benzene rings is 1. The van der Waals surface area contributed by atoms with Crippen LogP contribution in [0.15, 0.2) is 17.0 Å².